The Morgan fingerprint density at radius 2 is 1.81 bits per heavy atom. The number of ether oxygens (including phenoxy) is 2. The predicted molar refractivity (Wildman–Crippen MR) is 109 cm³/mol. The molecule has 1 N–H and O–H groups in total. The van der Waals surface area contributed by atoms with Crippen LogP contribution in [0.15, 0.2) is 35.5 Å². The van der Waals surface area contributed by atoms with Crippen molar-refractivity contribution in [2.75, 3.05) is 6.54 Å². The lowest BCUT2D eigenvalue weighted by molar-refractivity contribution is -0.221. The lowest BCUT2D eigenvalue weighted by atomic mass is 9.68. The summed E-state index contributed by atoms with van der Waals surface area (Å²) in [6, 6.07) is 0.466. The van der Waals surface area contributed by atoms with Crippen molar-refractivity contribution in [3.63, 3.8) is 0 Å². The van der Waals surface area contributed by atoms with Crippen LogP contribution in [0.4, 0.5) is 0 Å². The molecule has 0 aromatic carbocycles. The number of hydrogen-bond donors (Lipinski definition) is 1. The molecule has 0 radical (unpaired) electrons. The van der Waals surface area contributed by atoms with Gasteiger partial charge >= 0.3 is 11.9 Å². The minimum Gasteiger partial charge on any atom is -0.450 e. The lowest BCUT2D eigenvalue weighted by Gasteiger charge is -2.42. The summed E-state index contributed by atoms with van der Waals surface area (Å²) in [5.41, 5.74) is 0.597. The highest BCUT2D eigenvalue weighted by atomic mass is 16.7. The van der Waals surface area contributed by atoms with Crippen molar-refractivity contribution in [2.45, 2.75) is 86.1 Å². The minimum atomic E-state index is -0.878. The van der Waals surface area contributed by atoms with E-state index in [2.05, 4.69) is 9.96 Å². The highest BCUT2D eigenvalue weighted by Crippen LogP contribution is 2.62. The molecule has 168 valence electrons. The molecule has 8 aliphatic rings. The van der Waals surface area contributed by atoms with Gasteiger partial charge in [0, 0.05) is 48.6 Å². The molecule has 32 heavy (non-hydrogen) atoms. The van der Waals surface area contributed by atoms with E-state index in [-0.39, 0.29) is 48.1 Å². The van der Waals surface area contributed by atoms with Gasteiger partial charge in [-0.05, 0) is 37.8 Å². The first-order valence-electron chi connectivity index (χ1n) is 12.0. The van der Waals surface area contributed by atoms with Crippen LogP contribution in [0.2, 0.25) is 0 Å². The molecule has 7 heterocycles. The smallest absolute Gasteiger partial charge is 0.332 e. The first-order chi connectivity index (χ1) is 15.5. The third kappa shape index (κ3) is 1.96. The summed E-state index contributed by atoms with van der Waals surface area (Å²) in [5.74, 6) is -0.453. The number of rotatable bonds is 1. The van der Waals surface area contributed by atoms with Gasteiger partial charge in [0.25, 0.3) is 0 Å². The van der Waals surface area contributed by atoms with E-state index >= 15 is 0 Å². The number of hydrogen-bond acceptors (Lipinski definition) is 8. The van der Waals surface area contributed by atoms with Gasteiger partial charge in [-0.25, -0.2) is 9.59 Å². The van der Waals surface area contributed by atoms with E-state index in [1.807, 2.05) is 6.08 Å². The average Bonchev–Trinajstić information content (AvgIpc) is 3.53. The molecule has 8 heteroatoms. The molecule has 9 atom stereocenters. The fourth-order valence-electron chi connectivity index (χ4n) is 8.59. The Kier molecular flexibility index (Phi) is 3.30. The topological polar surface area (TPSA) is 88.5 Å². The normalized spacial score (nSPS) is 52.7. The lowest BCUT2D eigenvalue weighted by Crippen LogP contribution is -2.54. The van der Waals surface area contributed by atoms with Crippen LogP contribution in [0.5, 0.6) is 0 Å². The second-order valence-corrected chi connectivity index (χ2v) is 10.7. The predicted octanol–water partition coefficient (Wildman–Crippen LogP) is 0.764. The summed E-state index contributed by atoms with van der Waals surface area (Å²) in [4.78, 5) is 34.1. The number of aliphatic hydroxyl groups excluding tert-OH is 1. The maximum absolute atomic E-state index is 12.5. The van der Waals surface area contributed by atoms with Gasteiger partial charge < -0.3 is 14.6 Å². The first-order valence-corrected chi connectivity index (χ1v) is 12.0. The summed E-state index contributed by atoms with van der Waals surface area (Å²) in [7, 11) is 0. The third-order valence-corrected chi connectivity index (χ3v) is 9.53. The standard InChI is InChI=1S/C24H26N2O6/c27-13-4-3-12-8-19(28)30-23(12,10-13)18-6-5-15-21-14-9-20(29)31-24(14)11-16(22(21)32-26(15)18)25-7-1-2-17(24)25/h3-4,8-9,13,15-18,21-22,27H,1-2,5-7,10-11H2/t13-,15-,16+,17-,18?,21-,22-,23+,24+/m1/s1. The van der Waals surface area contributed by atoms with E-state index in [4.69, 9.17) is 14.3 Å². The molecular formula is C24H26N2O6. The van der Waals surface area contributed by atoms with Crippen molar-refractivity contribution < 1.29 is 29.0 Å². The summed E-state index contributed by atoms with van der Waals surface area (Å²) in [5, 5.41) is 12.5. The number of hydroxylamine groups is 2. The highest BCUT2D eigenvalue weighted by Gasteiger charge is 2.73. The number of esters is 2. The summed E-state index contributed by atoms with van der Waals surface area (Å²) in [6.07, 6.45) is 11.2. The van der Waals surface area contributed by atoms with Gasteiger partial charge in [0.1, 0.15) is 6.10 Å². The van der Waals surface area contributed by atoms with E-state index in [1.54, 1.807) is 18.2 Å². The Bertz CT molecular complexity index is 1050. The van der Waals surface area contributed by atoms with Crippen LogP contribution in [0, 0.1) is 5.92 Å². The Morgan fingerprint density at radius 3 is 2.72 bits per heavy atom. The maximum atomic E-state index is 12.5. The number of aliphatic hydroxyl groups is 1. The van der Waals surface area contributed by atoms with Crippen molar-refractivity contribution in [2.24, 2.45) is 5.92 Å². The van der Waals surface area contributed by atoms with Crippen LogP contribution in [0.1, 0.15) is 38.5 Å². The SMILES string of the molecule is O=C1C=C2C=C[C@@H](O)C[C@]2(C2CC[C@@H]3[C@H]4C5=CC(=O)O[C@@]56C[C@@H]([C@H]4ON23)N2CCC[C@@H]26)O1. The van der Waals surface area contributed by atoms with Gasteiger partial charge in [-0.2, -0.15) is 5.06 Å². The monoisotopic (exact) mass is 438 g/mol. The Morgan fingerprint density at radius 1 is 0.969 bits per heavy atom. The quantitative estimate of drug-likeness (QED) is 0.601. The molecule has 1 unspecified atom stereocenters. The van der Waals surface area contributed by atoms with E-state index in [1.165, 1.54) is 0 Å². The molecule has 8 nitrogen and oxygen atoms in total. The zero-order valence-corrected chi connectivity index (χ0v) is 17.7. The van der Waals surface area contributed by atoms with E-state index in [0.717, 1.165) is 49.8 Å². The molecule has 0 aromatic rings. The number of carbonyl (C=O) groups excluding carboxylic acids is 2. The molecule has 2 bridgehead atoms. The molecule has 0 amide bonds. The number of carbonyl (C=O) groups is 2. The van der Waals surface area contributed by atoms with Gasteiger partial charge in [-0.1, -0.05) is 12.2 Å². The maximum Gasteiger partial charge on any atom is 0.332 e. The van der Waals surface area contributed by atoms with Crippen LogP contribution in [0.3, 0.4) is 0 Å². The zero-order valence-electron chi connectivity index (χ0n) is 17.7. The van der Waals surface area contributed by atoms with E-state index in [0.29, 0.717) is 6.42 Å². The number of nitrogens with zero attached hydrogens (tertiary/aromatic N) is 2. The Hall–Kier alpha value is -2.00. The van der Waals surface area contributed by atoms with Gasteiger partial charge in [0.05, 0.1) is 18.2 Å². The van der Waals surface area contributed by atoms with Crippen LogP contribution < -0.4 is 0 Å². The van der Waals surface area contributed by atoms with Crippen molar-refractivity contribution in [3.8, 4) is 0 Å². The first kappa shape index (κ1) is 18.4. The van der Waals surface area contributed by atoms with Crippen LogP contribution in [-0.4, -0.2) is 81.1 Å². The summed E-state index contributed by atoms with van der Waals surface area (Å²) >= 11 is 0. The molecule has 5 saturated heterocycles. The zero-order chi connectivity index (χ0) is 21.4. The molecule has 1 aliphatic carbocycles. The molecule has 0 saturated carbocycles. The van der Waals surface area contributed by atoms with Crippen LogP contribution in [-0.2, 0) is 23.9 Å². The molecule has 8 rings (SSSR count). The molecular weight excluding hydrogens is 412 g/mol. The van der Waals surface area contributed by atoms with Crippen molar-refractivity contribution in [1.29, 1.82) is 0 Å². The third-order valence-electron chi connectivity index (χ3n) is 9.53. The summed E-state index contributed by atoms with van der Waals surface area (Å²) in [6.45, 7) is 1.02. The van der Waals surface area contributed by atoms with E-state index in [9.17, 15) is 14.7 Å². The highest BCUT2D eigenvalue weighted by molar-refractivity contribution is 5.88. The van der Waals surface area contributed by atoms with Crippen molar-refractivity contribution in [1.82, 2.24) is 9.96 Å². The van der Waals surface area contributed by atoms with E-state index < -0.39 is 17.3 Å². The van der Waals surface area contributed by atoms with Gasteiger partial charge in [0.15, 0.2) is 11.2 Å². The number of fused-ring (bicyclic) bond motifs is 6. The second-order valence-electron chi connectivity index (χ2n) is 10.7. The molecule has 7 aliphatic heterocycles. The Labute approximate surface area is 185 Å². The summed E-state index contributed by atoms with van der Waals surface area (Å²) < 4.78 is 12.0. The fourth-order valence-corrected chi connectivity index (χ4v) is 8.59. The fraction of sp³-hybridized carbons (Fsp3) is 0.667. The largest absolute Gasteiger partial charge is 0.450 e. The Balaban J connectivity index is 1.20. The second kappa shape index (κ2) is 5.73. The average molecular weight is 438 g/mol. The van der Waals surface area contributed by atoms with Gasteiger partial charge in [-0.3, -0.25) is 9.74 Å². The van der Waals surface area contributed by atoms with Crippen molar-refractivity contribution >= 4 is 11.9 Å². The van der Waals surface area contributed by atoms with Gasteiger partial charge in [0.2, 0.25) is 0 Å². The molecule has 0 aromatic heterocycles. The van der Waals surface area contributed by atoms with Crippen LogP contribution in [0.25, 0.3) is 0 Å². The minimum absolute atomic E-state index is 0.0234. The molecule has 5 fully saturated rings. The van der Waals surface area contributed by atoms with Crippen molar-refractivity contribution in [3.05, 3.63) is 35.5 Å². The molecule has 1 spiro atoms. The van der Waals surface area contributed by atoms with Crippen LogP contribution >= 0.6 is 0 Å². The van der Waals surface area contributed by atoms with Gasteiger partial charge in [-0.15, -0.1) is 0 Å².